The molecule has 0 aliphatic carbocycles. The van der Waals surface area contributed by atoms with Crippen LogP contribution in [0.2, 0.25) is 0 Å². The Bertz CT molecular complexity index is 202. The summed E-state index contributed by atoms with van der Waals surface area (Å²) in [5.74, 6) is 0.724. The lowest BCUT2D eigenvalue weighted by atomic mass is 10.1. The molecular weight excluding hydrogens is 232 g/mol. The molecule has 5 nitrogen and oxygen atoms in total. The fraction of sp³-hybridized carbons (Fsp3) is 0.900. The van der Waals surface area contributed by atoms with Crippen LogP contribution in [0.15, 0.2) is 0 Å². The van der Waals surface area contributed by atoms with E-state index in [-0.39, 0.29) is 12.7 Å². The maximum absolute atomic E-state index is 10.0. The number of rotatable bonds is 7. The molecule has 1 heterocycles. The maximum atomic E-state index is 10.0. The normalized spacial score (nSPS) is 30.2. The van der Waals surface area contributed by atoms with Crippen LogP contribution in [0.25, 0.3) is 0 Å². The van der Waals surface area contributed by atoms with Crippen molar-refractivity contribution in [2.75, 3.05) is 19.0 Å². The summed E-state index contributed by atoms with van der Waals surface area (Å²) in [5.41, 5.74) is 0.808. The van der Waals surface area contributed by atoms with Crippen LogP contribution in [0.3, 0.4) is 0 Å². The van der Waals surface area contributed by atoms with Crippen molar-refractivity contribution in [3.63, 3.8) is 0 Å². The fourth-order valence-corrected chi connectivity index (χ4v) is 1.96. The van der Waals surface area contributed by atoms with Crippen LogP contribution in [0.1, 0.15) is 19.3 Å². The Hall–Kier alpha value is -0.140. The summed E-state index contributed by atoms with van der Waals surface area (Å²) in [6, 6.07) is 0. The number of hydrogen-bond donors (Lipinski definition) is 2. The Balaban J connectivity index is 2.13. The second-order valence-electron chi connectivity index (χ2n) is 3.69. The SMILES string of the molecule is O=CSCCCOC1CC(O)CC(CO)O1. The Kier molecular flexibility index (Phi) is 6.98. The summed E-state index contributed by atoms with van der Waals surface area (Å²) < 4.78 is 10.8. The second kappa shape index (κ2) is 8.03. The van der Waals surface area contributed by atoms with Crippen molar-refractivity contribution in [1.29, 1.82) is 0 Å². The molecule has 16 heavy (non-hydrogen) atoms. The lowest BCUT2D eigenvalue weighted by molar-refractivity contribution is -0.221. The van der Waals surface area contributed by atoms with Crippen LogP contribution in [-0.2, 0) is 14.3 Å². The monoisotopic (exact) mass is 250 g/mol. The molecule has 1 aliphatic heterocycles. The van der Waals surface area contributed by atoms with Crippen LogP contribution in [0, 0.1) is 0 Å². The van der Waals surface area contributed by atoms with E-state index in [0.717, 1.165) is 17.8 Å². The van der Waals surface area contributed by atoms with Gasteiger partial charge in [-0.05, 0) is 6.42 Å². The number of aliphatic hydroxyl groups is 2. The highest BCUT2D eigenvalue weighted by Gasteiger charge is 2.28. The average molecular weight is 250 g/mol. The minimum Gasteiger partial charge on any atom is -0.394 e. The number of aliphatic hydroxyl groups excluding tert-OH is 2. The van der Waals surface area contributed by atoms with Gasteiger partial charge in [0.1, 0.15) is 0 Å². The first-order valence-electron chi connectivity index (χ1n) is 5.37. The van der Waals surface area contributed by atoms with E-state index in [2.05, 4.69) is 0 Å². The smallest absolute Gasteiger partial charge is 0.176 e. The van der Waals surface area contributed by atoms with Gasteiger partial charge in [-0.25, -0.2) is 0 Å². The Morgan fingerprint density at radius 1 is 1.50 bits per heavy atom. The molecule has 0 aromatic rings. The summed E-state index contributed by atoms with van der Waals surface area (Å²) in [7, 11) is 0. The molecule has 6 heteroatoms. The minimum atomic E-state index is -0.472. The number of ether oxygens (including phenoxy) is 2. The van der Waals surface area contributed by atoms with Gasteiger partial charge in [-0.1, -0.05) is 11.8 Å². The van der Waals surface area contributed by atoms with Gasteiger partial charge in [-0.2, -0.15) is 0 Å². The van der Waals surface area contributed by atoms with Gasteiger partial charge in [0.25, 0.3) is 0 Å². The van der Waals surface area contributed by atoms with Gasteiger partial charge >= 0.3 is 0 Å². The molecule has 3 atom stereocenters. The van der Waals surface area contributed by atoms with Crippen molar-refractivity contribution in [3.05, 3.63) is 0 Å². The average Bonchev–Trinajstić information content (AvgIpc) is 2.28. The predicted octanol–water partition coefficient (Wildman–Crippen LogP) is 0.175. The van der Waals surface area contributed by atoms with Gasteiger partial charge in [-0.15, -0.1) is 0 Å². The van der Waals surface area contributed by atoms with Crippen molar-refractivity contribution in [2.45, 2.75) is 37.8 Å². The lowest BCUT2D eigenvalue weighted by Crippen LogP contribution is -2.39. The van der Waals surface area contributed by atoms with Gasteiger partial charge in [0.15, 0.2) is 11.9 Å². The molecule has 1 rings (SSSR count). The van der Waals surface area contributed by atoms with Crippen molar-refractivity contribution in [1.82, 2.24) is 0 Å². The van der Waals surface area contributed by atoms with E-state index in [1.165, 1.54) is 11.8 Å². The third kappa shape index (κ3) is 5.27. The molecule has 1 saturated heterocycles. The second-order valence-corrected chi connectivity index (χ2v) is 4.62. The van der Waals surface area contributed by atoms with Crippen molar-refractivity contribution >= 4 is 17.4 Å². The van der Waals surface area contributed by atoms with Gasteiger partial charge in [0, 0.05) is 18.6 Å². The molecule has 0 saturated carbocycles. The Morgan fingerprint density at radius 2 is 2.31 bits per heavy atom. The van der Waals surface area contributed by atoms with Gasteiger partial charge < -0.3 is 19.7 Å². The molecule has 0 amide bonds. The van der Waals surface area contributed by atoms with Gasteiger partial charge in [0.05, 0.1) is 25.4 Å². The third-order valence-electron chi connectivity index (χ3n) is 2.33. The molecule has 2 N–H and O–H groups in total. The predicted molar refractivity (Wildman–Crippen MR) is 60.8 cm³/mol. The van der Waals surface area contributed by atoms with Crippen molar-refractivity contribution in [2.24, 2.45) is 0 Å². The summed E-state index contributed by atoms with van der Waals surface area (Å²) in [6.07, 6.45) is 0.415. The van der Waals surface area contributed by atoms with Crippen LogP contribution < -0.4 is 0 Å². The summed E-state index contributed by atoms with van der Waals surface area (Å²) in [6.45, 7) is 0.397. The fourth-order valence-electron chi connectivity index (χ4n) is 1.58. The largest absolute Gasteiger partial charge is 0.394 e. The van der Waals surface area contributed by atoms with E-state index in [1.807, 2.05) is 0 Å². The molecule has 94 valence electrons. The maximum Gasteiger partial charge on any atom is 0.176 e. The molecule has 3 unspecified atom stereocenters. The number of carbonyl (C=O) groups is 1. The summed E-state index contributed by atoms with van der Waals surface area (Å²) in [5, 5.41) is 18.4. The van der Waals surface area contributed by atoms with Crippen LogP contribution in [0.4, 0.5) is 0 Å². The first-order chi connectivity index (χ1) is 7.76. The molecule has 0 spiro atoms. The first kappa shape index (κ1) is 13.9. The first-order valence-corrected chi connectivity index (χ1v) is 6.42. The van der Waals surface area contributed by atoms with Crippen LogP contribution in [-0.4, -0.2) is 53.3 Å². The van der Waals surface area contributed by atoms with E-state index >= 15 is 0 Å². The van der Waals surface area contributed by atoms with Crippen molar-refractivity contribution < 1.29 is 24.5 Å². The molecule has 1 aliphatic rings. The topological polar surface area (TPSA) is 76.0 Å². The summed E-state index contributed by atoms with van der Waals surface area (Å²) in [4.78, 5) is 10.0. The Labute approximate surface area is 99.1 Å². The van der Waals surface area contributed by atoms with E-state index in [0.29, 0.717) is 19.4 Å². The van der Waals surface area contributed by atoms with E-state index in [1.54, 1.807) is 0 Å². The molecule has 0 aromatic heterocycles. The number of thioether (sulfide) groups is 1. The Morgan fingerprint density at radius 3 is 3.00 bits per heavy atom. The van der Waals surface area contributed by atoms with Crippen LogP contribution >= 0.6 is 11.8 Å². The quantitative estimate of drug-likeness (QED) is 0.496. The lowest BCUT2D eigenvalue weighted by Gasteiger charge is -2.31. The molecule has 0 bridgehead atoms. The van der Waals surface area contributed by atoms with E-state index in [4.69, 9.17) is 14.6 Å². The molecule has 0 aromatic carbocycles. The molecular formula is C10H18O5S. The third-order valence-corrected chi connectivity index (χ3v) is 2.99. The highest BCUT2D eigenvalue weighted by atomic mass is 32.2. The van der Waals surface area contributed by atoms with Crippen molar-refractivity contribution in [3.8, 4) is 0 Å². The number of carbonyl (C=O) groups excluding carboxylic acids is 1. The van der Waals surface area contributed by atoms with Crippen LogP contribution in [0.5, 0.6) is 0 Å². The molecule has 0 radical (unpaired) electrons. The van der Waals surface area contributed by atoms with Gasteiger partial charge in [-0.3, -0.25) is 4.79 Å². The molecule has 1 fully saturated rings. The zero-order chi connectivity index (χ0) is 11.8. The van der Waals surface area contributed by atoms with E-state index < -0.39 is 12.4 Å². The highest BCUT2D eigenvalue weighted by Crippen LogP contribution is 2.20. The van der Waals surface area contributed by atoms with Gasteiger partial charge in [0.2, 0.25) is 0 Å². The minimum absolute atomic E-state index is 0.0993. The standard InChI is InChI=1S/C10H18O5S/c11-6-9-4-8(13)5-10(15-9)14-2-1-3-16-7-12/h7-11,13H,1-6H2. The van der Waals surface area contributed by atoms with E-state index in [9.17, 15) is 9.90 Å². The number of hydrogen-bond acceptors (Lipinski definition) is 6. The zero-order valence-electron chi connectivity index (χ0n) is 9.08. The highest BCUT2D eigenvalue weighted by molar-refractivity contribution is 8.11. The summed E-state index contributed by atoms with van der Waals surface area (Å²) >= 11 is 1.21. The zero-order valence-corrected chi connectivity index (χ0v) is 9.90.